The Hall–Kier alpha value is -2.41. The van der Waals surface area contributed by atoms with Gasteiger partial charge in [-0.15, -0.1) is 0 Å². The molecule has 1 aliphatic carbocycles. The molecule has 3 rings (SSSR count). The molecule has 0 saturated heterocycles. The number of rotatable bonds is 7. The van der Waals surface area contributed by atoms with E-state index < -0.39 is 4.92 Å². The van der Waals surface area contributed by atoms with Crippen molar-refractivity contribution < 1.29 is 9.72 Å². The largest absolute Gasteiger partial charge is 0.353 e. The first kappa shape index (κ1) is 18.4. The van der Waals surface area contributed by atoms with Gasteiger partial charge in [0.15, 0.2) is 0 Å². The van der Waals surface area contributed by atoms with Gasteiger partial charge in [-0.3, -0.25) is 14.9 Å². The van der Waals surface area contributed by atoms with Crippen molar-refractivity contribution in [3.8, 4) is 0 Å². The number of non-ortho nitro benzene ring substituents is 1. The molecule has 1 aliphatic rings. The minimum atomic E-state index is -0.407. The number of para-hydroxylation sites is 1. The minimum absolute atomic E-state index is 0.0253. The van der Waals surface area contributed by atoms with Crippen LogP contribution >= 0.6 is 0 Å². The highest BCUT2D eigenvalue weighted by atomic mass is 16.6. The second-order valence-corrected chi connectivity index (χ2v) is 7.04. The molecule has 2 aromatic rings. The molecule has 7 heteroatoms. The molecule has 1 amide bonds. The number of carbonyl (C=O) groups excluding carboxylic acids is 1. The van der Waals surface area contributed by atoms with Crippen LogP contribution in [0.15, 0.2) is 30.5 Å². The Balaban J connectivity index is 1.55. The molecular weight excluding hydrogens is 332 g/mol. The van der Waals surface area contributed by atoms with Crippen LogP contribution in [-0.4, -0.2) is 46.5 Å². The third kappa shape index (κ3) is 4.22. The second-order valence-electron chi connectivity index (χ2n) is 7.04. The zero-order valence-corrected chi connectivity index (χ0v) is 15.2. The van der Waals surface area contributed by atoms with E-state index in [0.717, 1.165) is 11.9 Å². The summed E-state index contributed by atoms with van der Waals surface area (Å²) in [5, 5.41) is 14.9. The number of fused-ring (bicyclic) bond motifs is 1. The van der Waals surface area contributed by atoms with Gasteiger partial charge in [-0.25, -0.2) is 0 Å². The number of nitrogens with one attached hydrogen (secondary N) is 1. The van der Waals surface area contributed by atoms with E-state index in [1.54, 1.807) is 22.9 Å². The van der Waals surface area contributed by atoms with Crippen molar-refractivity contribution >= 4 is 22.5 Å². The van der Waals surface area contributed by atoms with Crippen molar-refractivity contribution in [3.05, 3.63) is 40.6 Å². The molecule has 0 spiro atoms. The lowest BCUT2D eigenvalue weighted by Crippen LogP contribution is -2.40. The SMILES string of the molecule is CN(CCNC(=O)Cn1ccc2cccc([N+](=O)[O-])c21)C1CCCCC1. The van der Waals surface area contributed by atoms with Crippen LogP contribution in [0.1, 0.15) is 32.1 Å². The summed E-state index contributed by atoms with van der Waals surface area (Å²) in [6.45, 7) is 1.50. The number of hydrogen-bond acceptors (Lipinski definition) is 4. The number of benzene rings is 1. The van der Waals surface area contributed by atoms with E-state index in [1.807, 2.05) is 6.07 Å². The molecule has 1 saturated carbocycles. The van der Waals surface area contributed by atoms with E-state index >= 15 is 0 Å². The van der Waals surface area contributed by atoms with Gasteiger partial charge in [0, 0.05) is 36.8 Å². The average Bonchev–Trinajstić information content (AvgIpc) is 3.05. The van der Waals surface area contributed by atoms with Crippen LogP contribution in [0.3, 0.4) is 0 Å². The zero-order chi connectivity index (χ0) is 18.5. The molecule has 0 atom stereocenters. The summed E-state index contributed by atoms with van der Waals surface area (Å²) in [6.07, 6.45) is 8.12. The second kappa shape index (κ2) is 8.31. The Morgan fingerprint density at radius 2 is 2.08 bits per heavy atom. The van der Waals surface area contributed by atoms with Gasteiger partial charge in [0.2, 0.25) is 5.91 Å². The Labute approximate surface area is 153 Å². The standard InChI is InChI=1S/C19H26N4O3/c1-21(16-7-3-2-4-8-16)13-11-20-18(24)14-22-12-10-15-6-5-9-17(19(15)22)23(25)26/h5-6,9-10,12,16H,2-4,7-8,11,13-14H2,1H3,(H,20,24). The third-order valence-electron chi connectivity index (χ3n) is 5.26. The average molecular weight is 358 g/mol. The molecule has 0 aliphatic heterocycles. The van der Waals surface area contributed by atoms with Gasteiger partial charge in [0.25, 0.3) is 5.69 Å². The van der Waals surface area contributed by atoms with E-state index in [9.17, 15) is 14.9 Å². The molecule has 1 aromatic heterocycles. The number of aromatic nitrogens is 1. The molecule has 0 bridgehead atoms. The lowest BCUT2D eigenvalue weighted by atomic mass is 9.94. The predicted octanol–water partition coefficient (Wildman–Crippen LogP) is 2.93. The van der Waals surface area contributed by atoms with Gasteiger partial charge in [-0.05, 0) is 26.0 Å². The summed E-state index contributed by atoms with van der Waals surface area (Å²) in [6, 6.07) is 7.36. The normalized spacial score (nSPS) is 15.5. The van der Waals surface area contributed by atoms with Crippen molar-refractivity contribution in [3.63, 3.8) is 0 Å². The Morgan fingerprint density at radius 3 is 2.81 bits per heavy atom. The van der Waals surface area contributed by atoms with Crippen LogP contribution < -0.4 is 5.32 Å². The number of nitro groups is 1. The van der Waals surface area contributed by atoms with Crippen LogP contribution in [0, 0.1) is 10.1 Å². The number of carbonyl (C=O) groups is 1. The van der Waals surface area contributed by atoms with E-state index in [2.05, 4.69) is 17.3 Å². The number of amides is 1. The summed E-state index contributed by atoms with van der Waals surface area (Å²) in [5.41, 5.74) is 0.518. The van der Waals surface area contributed by atoms with E-state index in [0.29, 0.717) is 18.1 Å². The summed E-state index contributed by atoms with van der Waals surface area (Å²) in [4.78, 5) is 25.4. The fourth-order valence-electron chi connectivity index (χ4n) is 3.81. The van der Waals surface area contributed by atoms with Crippen LogP contribution in [0.5, 0.6) is 0 Å². The van der Waals surface area contributed by atoms with Gasteiger partial charge in [0.1, 0.15) is 12.1 Å². The minimum Gasteiger partial charge on any atom is -0.353 e. The fraction of sp³-hybridized carbons (Fsp3) is 0.526. The van der Waals surface area contributed by atoms with Crippen molar-refractivity contribution in [1.29, 1.82) is 0 Å². The number of hydrogen-bond donors (Lipinski definition) is 1. The van der Waals surface area contributed by atoms with Crippen molar-refractivity contribution in [2.24, 2.45) is 0 Å². The maximum atomic E-state index is 12.3. The van der Waals surface area contributed by atoms with Gasteiger partial charge < -0.3 is 14.8 Å². The molecule has 140 valence electrons. The molecule has 1 aromatic carbocycles. The predicted molar refractivity (Wildman–Crippen MR) is 101 cm³/mol. The van der Waals surface area contributed by atoms with Crippen molar-refractivity contribution in [2.75, 3.05) is 20.1 Å². The monoisotopic (exact) mass is 358 g/mol. The molecule has 1 N–H and O–H groups in total. The Morgan fingerprint density at radius 1 is 1.31 bits per heavy atom. The lowest BCUT2D eigenvalue weighted by molar-refractivity contribution is -0.383. The molecular formula is C19H26N4O3. The molecule has 0 unspecified atom stereocenters. The Kier molecular flexibility index (Phi) is 5.88. The van der Waals surface area contributed by atoms with Gasteiger partial charge in [-0.2, -0.15) is 0 Å². The summed E-state index contributed by atoms with van der Waals surface area (Å²) in [5.74, 6) is -0.127. The quantitative estimate of drug-likeness (QED) is 0.609. The Bertz CT molecular complexity index is 780. The first-order chi connectivity index (χ1) is 12.6. The van der Waals surface area contributed by atoms with E-state index in [1.165, 1.54) is 38.2 Å². The number of likely N-dealkylation sites (N-methyl/N-ethyl adjacent to an activating group) is 1. The van der Waals surface area contributed by atoms with Crippen LogP contribution in [0.2, 0.25) is 0 Å². The van der Waals surface area contributed by atoms with Crippen LogP contribution in [-0.2, 0) is 11.3 Å². The summed E-state index contributed by atoms with van der Waals surface area (Å²) >= 11 is 0. The molecule has 1 fully saturated rings. The third-order valence-corrected chi connectivity index (χ3v) is 5.26. The highest BCUT2D eigenvalue weighted by molar-refractivity contribution is 5.90. The van der Waals surface area contributed by atoms with Gasteiger partial charge in [-0.1, -0.05) is 31.4 Å². The maximum absolute atomic E-state index is 12.3. The molecule has 0 radical (unpaired) electrons. The number of nitro benzene ring substituents is 1. The lowest BCUT2D eigenvalue weighted by Gasteiger charge is -2.31. The molecule has 26 heavy (non-hydrogen) atoms. The summed E-state index contributed by atoms with van der Waals surface area (Å²) < 4.78 is 1.65. The smallest absolute Gasteiger partial charge is 0.293 e. The van der Waals surface area contributed by atoms with E-state index in [-0.39, 0.29) is 18.1 Å². The van der Waals surface area contributed by atoms with Crippen molar-refractivity contribution in [2.45, 2.75) is 44.7 Å². The first-order valence-corrected chi connectivity index (χ1v) is 9.25. The molecule has 7 nitrogen and oxygen atoms in total. The first-order valence-electron chi connectivity index (χ1n) is 9.25. The topological polar surface area (TPSA) is 80.4 Å². The van der Waals surface area contributed by atoms with E-state index in [4.69, 9.17) is 0 Å². The highest BCUT2D eigenvalue weighted by Crippen LogP contribution is 2.26. The zero-order valence-electron chi connectivity index (χ0n) is 15.2. The van der Waals surface area contributed by atoms with Crippen LogP contribution in [0.25, 0.3) is 10.9 Å². The van der Waals surface area contributed by atoms with Gasteiger partial charge in [0.05, 0.1) is 4.92 Å². The molecule has 1 heterocycles. The van der Waals surface area contributed by atoms with Crippen molar-refractivity contribution in [1.82, 2.24) is 14.8 Å². The number of nitrogens with zero attached hydrogens (tertiary/aromatic N) is 3. The summed E-state index contributed by atoms with van der Waals surface area (Å²) in [7, 11) is 2.12. The van der Waals surface area contributed by atoms with Crippen LogP contribution in [0.4, 0.5) is 5.69 Å². The van der Waals surface area contributed by atoms with Gasteiger partial charge >= 0.3 is 0 Å². The fourth-order valence-corrected chi connectivity index (χ4v) is 3.81. The highest BCUT2D eigenvalue weighted by Gasteiger charge is 2.18. The maximum Gasteiger partial charge on any atom is 0.293 e.